The second-order valence-electron chi connectivity index (χ2n) is 4.55. The van der Waals surface area contributed by atoms with E-state index in [2.05, 4.69) is 15.5 Å². The van der Waals surface area contributed by atoms with E-state index < -0.39 is 11.9 Å². The third kappa shape index (κ3) is 3.52. The van der Waals surface area contributed by atoms with Gasteiger partial charge in [-0.05, 0) is 27.9 Å². The third-order valence-corrected chi connectivity index (χ3v) is 4.91. The van der Waals surface area contributed by atoms with Gasteiger partial charge in [-0.3, -0.25) is 0 Å². The summed E-state index contributed by atoms with van der Waals surface area (Å²) in [6, 6.07) is 10.2. The van der Waals surface area contributed by atoms with Crippen molar-refractivity contribution in [3.05, 3.63) is 58.0 Å². The Hall–Kier alpha value is -1.77. The van der Waals surface area contributed by atoms with E-state index in [4.69, 9.17) is 0 Å². The van der Waals surface area contributed by atoms with Gasteiger partial charge in [0.25, 0.3) is 0 Å². The summed E-state index contributed by atoms with van der Waals surface area (Å²) in [5.74, 6) is -0.125. The van der Waals surface area contributed by atoms with Crippen molar-refractivity contribution in [1.29, 1.82) is 0 Å². The van der Waals surface area contributed by atoms with Crippen LogP contribution in [0.3, 0.4) is 0 Å². The molecule has 114 valence electrons. The molecule has 1 aromatic carbocycles. The second kappa shape index (κ2) is 6.99. The van der Waals surface area contributed by atoms with Crippen molar-refractivity contribution in [3.8, 4) is 0 Å². The van der Waals surface area contributed by atoms with E-state index in [1.54, 1.807) is 34.2 Å². The quantitative estimate of drug-likeness (QED) is 0.701. The van der Waals surface area contributed by atoms with Crippen LogP contribution in [0.4, 0.5) is 4.39 Å². The molecule has 0 aliphatic heterocycles. The number of aromatic nitrogens is 4. The Labute approximate surface area is 134 Å². The highest BCUT2D eigenvalue weighted by Gasteiger charge is 2.15. The van der Waals surface area contributed by atoms with E-state index in [0.717, 1.165) is 4.88 Å². The number of aliphatic hydroxyl groups excluding tert-OH is 1. The van der Waals surface area contributed by atoms with Crippen molar-refractivity contribution < 1.29 is 9.50 Å². The maximum Gasteiger partial charge on any atom is 0.209 e. The molecule has 22 heavy (non-hydrogen) atoms. The molecule has 0 saturated carbocycles. The van der Waals surface area contributed by atoms with E-state index in [-0.39, 0.29) is 11.3 Å². The molecule has 1 atom stereocenters. The van der Waals surface area contributed by atoms with Gasteiger partial charge in [-0.25, -0.2) is 9.07 Å². The van der Waals surface area contributed by atoms with Crippen LogP contribution in [-0.2, 0) is 6.54 Å². The summed E-state index contributed by atoms with van der Waals surface area (Å²) in [5.41, 5.74) is 0.285. The van der Waals surface area contributed by atoms with Gasteiger partial charge in [0.15, 0.2) is 0 Å². The Morgan fingerprint density at radius 2 is 2.14 bits per heavy atom. The number of thioether (sulfide) groups is 1. The van der Waals surface area contributed by atoms with Crippen LogP contribution in [0.1, 0.15) is 16.5 Å². The first kappa shape index (κ1) is 15.1. The van der Waals surface area contributed by atoms with Crippen LogP contribution in [0.15, 0.2) is 46.9 Å². The lowest BCUT2D eigenvalue weighted by atomic mass is 10.1. The summed E-state index contributed by atoms with van der Waals surface area (Å²) in [5, 5.41) is 24.3. The summed E-state index contributed by atoms with van der Waals surface area (Å²) in [6.07, 6.45) is -0.905. The molecule has 0 fully saturated rings. The van der Waals surface area contributed by atoms with Crippen molar-refractivity contribution in [2.24, 2.45) is 0 Å². The molecule has 0 aliphatic carbocycles. The van der Waals surface area contributed by atoms with Gasteiger partial charge < -0.3 is 5.11 Å². The van der Waals surface area contributed by atoms with Crippen molar-refractivity contribution >= 4 is 23.1 Å². The molecule has 2 heterocycles. The zero-order valence-electron chi connectivity index (χ0n) is 11.5. The molecule has 8 heteroatoms. The average molecular weight is 336 g/mol. The van der Waals surface area contributed by atoms with Gasteiger partial charge in [-0.2, -0.15) is 0 Å². The first-order valence-electron chi connectivity index (χ1n) is 6.58. The summed E-state index contributed by atoms with van der Waals surface area (Å²) >= 11 is 2.93. The SMILES string of the molecule is OC(CSc1nnnn1Cc1cccs1)c1ccccc1F. The lowest BCUT2D eigenvalue weighted by molar-refractivity contribution is 0.199. The molecule has 2 aromatic heterocycles. The molecule has 5 nitrogen and oxygen atoms in total. The Morgan fingerprint density at radius 1 is 1.27 bits per heavy atom. The van der Waals surface area contributed by atoms with Crippen LogP contribution in [0.2, 0.25) is 0 Å². The van der Waals surface area contributed by atoms with Gasteiger partial charge in [-0.15, -0.1) is 16.4 Å². The zero-order chi connectivity index (χ0) is 15.4. The molecule has 1 unspecified atom stereocenters. The Bertz CT molecular complexity index is 732. The van der Waals surface area contributed by atoms with Gasteiger partial charge >= 0.3 is 0 Å². The number of benzene rings is 1. The Balaban J connectivity index is 1.65. The maximum atomic E-state index is 13.6. The highest BCUT2D eigenvalue weighted by Crippen LogP contribution is 2.25. The van der Waals surface area contributed by atoms with E-state index in [9.17, 15) is 9.50 Å². The van der Waals surface area contributed by atoms with E-state index in [1.807, 2.05) is 17.5 Å². The van der Waals surface area contributed by atoms with Gasteiger partial charge in [0.1, 0.15) is 5.82 Å². The Morgan fingerprint density at radius 3 is 2.91 bits per heavy atom. The number of nitrogens with zero attached hydrogens (tertiary/aromatic N) is 4. The molecule has 0 amide bonds. The first-order valence-corrected chi connectivity index (χ1v) is 8.44. The van der Waals surface area contributed by atoms with Crippen LogP contribution in [0.5, 0.6) is 0 Å². The van der Waals surface area contributed by atoms with Gasteiger partial charge in [-0.1, -0.05) is 36.0 Å². The monoisotopic (exact) mass is 336 g/mol. The van der Waals surface area contributed by atoms with Gasteiger partial charge in [0, 0.05) is 16.2 Å². The maximum absolute atomic E-state index is 13.6. The largest absolute Gasteiger partial charge is 0.387 e. The lowest BCUT2D eigenvalue weighted by Crippen LogP contribution is -2.06. The fourth-order valence-corrected chi connectivity index (χ4v) is 3.45. The minimum absolute atomic E-state index is 0.283. The van der Waals surface area contributed by atoms with Crippen molar-refractivity contribution in [2.45, 2.75) is 17.8 Å². The second-order valence-corrected chi connectivity index (χ2v) is 6.57. The fraction of sp³-hybridized carbons (Fsp3) is 0.214. The Kier molecular flexibility index (Phi) is 4.81. The molecule has 0 bridgehead atoms. The summed E-state index contributed by atoms with van der Waals surface area (Å²) in [7, 11) is 0. The van der Waals surface area contributed by atoms with Crippen LogP contribution < -0.4 is 0 Å². The number of thiophene rings is 1. The van der Waals surface area contributed by atoms with Crippen LogP contribution in [0.25, 0.3) is 0 Å². The average Bonchev–Trinajstić information content (AvgIpc) is 3.18. The fourth-order valence-electron chi connectivity index (χ4n) is 1.94. The molecular formula is C14H13FN4OS2. The number of aliphatic hydroxyl groups is 1. The number of tetrazole rings is 1. The van der Waals surface area contributed by atoms with Gasteiger partial charge in [0.2, 0.25) is 5.16 Å². The number of hydrogen-bond donors (Lipinski definition) is 1. The summed E-state index contributed by atoms with van der Waals surface area (Å²) < 4.78 is 15.3. The highest BCUT2D eigenvalue weighted by molar-refractivity contribution is 7.99. The van der Waals surface area contributed by atoms with E-state index in [1.165, 1.54) is 17.8 Å². The molecule has 0 saturated heterocycles. The molecule has 3 rings (SSSR count). The predicted octanol–water partition coefficient (Wildman–Crippen LogP) is 2.75. The van der Waals surface area contributed by atoms with Crippen molar-refractivity contribution in [1.82, 2.24) is 20.2 Å². The topological polar surface area (TPSA) is 63.8 Å². The van der Waals surface area contributed by atoms with Crippen molar-refractivity contribution in [2.75, 3.05) is 5.75 Å². The van der Waals surface area contributed by atoms with Gasteiger partial charge in [0.05, 0.1) is 12.6 Å². The number of rotatable bonds is 6. The van der Waals surface area contributed by atoms with Crippen LogP contribution in [-0.4, -0.2) is 31.1 Å². The molecule has 0 aliphatic rings. The molecule has 0 spiro atoms. The van der Waals surface area contributed by atoms with Crippen molar-refractivity contribution in [3.63, 3.8) is 0 Å². The normalized spacial score (nSPS) is 12.5. The standard InChI is InChI=1S/C14H13FN4OS2/c15-12-6-2-1-5-11(12)13(20)9-22-14-16-17-18-19(14)8-10-4-3-7-21-10/h1-7,13,20H,8-9H2. The molecule has 3 aromatic rings. The lowest BCUT2D eigenvalue weighted by Gasteiger charge is -2.11. The summed E-state index contributed by atoms with van der Waals surface area (Å²) in [6.45, 7) is 0.586. The predicted molar refractivity (Wildman–Crippen MR) is 83.3 cm³/mol. The molecule has 1 N–H and O–H groups in total. The zero-order valence-corrected chi connectivity index (χ0v) is 13.1. The minimum Gasteiger partial charge on any atom is -0.387 e. The number of hydrogen-bond acceptors (Lipinski definition) is 6. The van der Waals surface area contributed by atoms with Crippen LogP contribution >= 0.6 is 23.1 Å². The number of halogens is 1. The first-order chi connectivity index (χ1) is 10.7. The minimum atomic E-state index is -0.905. The molecule has 0 radical (unpaired) electrons. The van der Waals surface area contributed by atoms with E-state index >= 15 is 0 Å². The van der Waals surface area contributed by atoms with E-state index in [0.29, 0.717) is 11.7 Å². The summed E-state index contributed by atoms with van der Waals surface area (Å²) in [4.78, 5) is 1.14. The molecular weight excluding hydrogens is 323 g/mol. The smallest absolute Gasteiger partial charge is 0.209 e. The highest BCUT2D eigenvalue weighted by atomic mass is 32.2. The van der Waals surface area contributed by atoms with Crippen LogP contribution in [0, 0.1) is 5.82 Å². The third-order valence-electron chi connectivity index (χ3n) is 3.02.